The van der Waals surface area contributed by atoms with Crippen molar-refractivity contribution in [2.45, 2.75) is 33.2 Å². The number of methoxy groups -OCH3 is 1. The molecule has 1 aliphatic heterocycles. The monoisotopic (exact) mass is 376 g/mol. The number of nitrogens with one attached hydrogen (secondary N) is 3. The molecule has 1 heterocycles. The summed E-state index contributed by atoms with van der Waals surface area (Å²) in [5.74, 6) is -0.612. The van der Waals surface area contributed by atoms with E-state index in [-0.39, 0.29) is 11.8 Å². The van der Waals surface area contributed by atoms with Gasteiger partial charge in [0.15, 0.2) is 0 Å². The maximum absolute atomic E-state index is 12.4. The molecule has 0 saturated carbocycles. The Bertz CT molecular complexity index is 762. The summed E-state index contributed by atoms with van der Waals surface area (Å²) < 4.78 is 5.19. The van der Waals surface area contributed by atoms with Crippen LogP contribution in [-0.2, 0) is 14.4 Å². The van der Waals surface area contributed by atoms with E-state index in [1.165, 1.54) is 20.1 Å². The van der Waals surface area contributed by atoms with Gasteiger partial charge in [-0.25, -0.2) is 4.79 Å². The van der Waals surface area contributed by atoms with Crippen molar-refractivity contribution in [3.8, 4) is 5.75 Å². The molecule has 5 amide bonds. The largest absolute Gasteiger partial charge is 0.495 e. The molecule has 1 atom stereocenters. The highest BCUT2D eigenvalue weighted by atomic mass is 16.5. The van der Waals surface area contributed by atoms with Gasteiger partial charge in [-0.1, -0.05) is 13.8 Å². The second kappa shape index (κ2) is 8.52. The van der Waals surface area contributed by atoms with Gasteiger partial charge < -0.3 is 20.7 Å². The number of hydrogen-bond donors (Lipinski definition) is 3. The van der Waals surface area contributed by atoms with E-state index in [9.17, 15) is 19.2 Å². The van der Waals surface area contributed by atoms with E-state index in [4.69, 9.17) is 4.74 Å². The predicted octanol–water partition coefficient (Wildman–Crippen LogP) is 1.56. The van der Waals surface area contributed by atoms with Crippen LogP contribution in [0, 0.1) is 5.92 Å². The van der Waals surface area contributed by atoms with E-state index >= 15 is 0 Å². The Morgan fingerprint density at radius 2 is 1.96 bits per heavy atom. The molecule has 0 radical (unpaired) electrons. The third-order valence-corrected chi connectivity index (χ3v) is 3.91. The Hall–Kier alpha value is -3.10. The highest BCUT2D eigenvalue weighted by Gasteiger charge is 2.39. The summed E-state index contributed by atoms with van der Waals surface area (Å²) in [6, 6.07) is 3.56. The van der Waals surface area contributed by atoms with Crippen LogP contribution in [0.2, 0.25) is 0 Å². The van der Waals surface area contributed by atoms with Crippen molar-refractivity contribution in [3.05, 3.63) is 18.2 Å². The minimum Gasteiger partial charge on any atom is -0.495 e. The van der Waals surface area contributed by atoms with Gasteiger partial charge in [0.1, 0.15) is 18.3 Å². The highest BCUT2D eigenvalue weighted by molar-refractivity contribution is 6.08. The molecule has 1 unspecified atom stereocenters. The van der Waals surface area contributed by atoms with Crippen LogP contribution in [0.15, 0.2) is 18.2 Å². The van der Waals surface area contributed by atoms with Gasteiger partial charge in [0.2, 0.25) is 11.8 Å². The number of imide groups is 1. The number of ether oxygens (including phenoxy) is 1. The van der Waals surface area contributed by atoms with E-state index in [0.29, 0.717) is 23.5 Å². The first kappa shape index (κ1) is 20.2. The number of rotatable bonds is 7. The van der Waals surface area contributed by atoms with Crippen LogP contribution in [0.3, 0.4) is 0 Å². The molecule has 1 aromatic carbocycles. The lowest BCUT2D eigenvalue weighted by Crippen LogP contribution is -2.38. The van der Waals surface area contributed by atoms with Crippen molar-refractivity contribution in [2.75, 3.05) is 24.3 Å². The average Bonchev–Trinajstić information content (AvgIpc) is 2.81. The molecule has 3 N–H and O–H groups in total. The molecule has 27 heavy (non-hydrogen) atoms. The summed E-state index contributed by atoms with van der Waals surface area (Å²) in [5, 5.41) is 7.81. The quantitative estimate of drug-likeness (QED) is 0.625. The van der Waals surface area contributed by atoms with Gasteiger partial charge in [-0.3, -0.25) is 19.3 Å². The molecule has 0 aliphatic carbocycles. The van der Waals surface area contributed by atoms with Crippen LogP contribution in [0.4, 0.5) is 16.2 Å². The van der Waals surface area contributed by atoms with Crippen molar-refractivity contribution >= 4 is 35.1 Å². The number of anilines is 2. The van der Waals surface area contributed by atoms with Crippen molar-refractivity contribution in [1.82, 2.24) is 10.2 Å². The Morgan fingerprint density at radius 1 is 1.26 bits per heavy atom. The fourth-order valence-electron chi connectivity index (χ4n) is 2.78. The van der Waals surface area contributed by atoms with E-state index < -0.39 is 30.4 Å². The number of carbonyl (C=O) groups is 4. The number of hydrogen-bond acceptors (Lipinski definition) is 5. The molecule has 146 valence electrons. The zero-order valence-corrected chi connectivity index (χ0v) is 15.8. The first-order valence-corrected chi connectivity index (χ1v) is 8.58. The highest BCUT2D eigenvalue weighted by Crippen LogP contribution is 2.28. The molecule has 9 heteroatoms. The Labute approximate surface area is 157 Å². The summed E-state index contributed by atoms with van der Waals surface area (Å²) in [6.45, 7) is 4.85. The van der Waals surface area contributed by atoms with E-state index in [1.54, 1.807) is 12.1 Å². The number of benzene rings is 1. The molecule has 0 spiro atoms. The van der Waals surface area contributed by atoms with Gasteiger partial charge >= 0.3 is 6.03 Å². The lowest BCUT2D eigenvalue weighted by atomic mass is 10.0. The van der Waals surface area contributed by atoms with Crippen LogP contribution in [-0.4, -0.2) is 48.3 Å². The molecule has 1 fully saturated rings. The summed E-state index contributed by atoms with van der Waals surface area (Å²) in [4.78, 5) is 48.8. The molecule has 1 aromatic rings. The van der Waals surface area contributed by atoms with Crippen LogP contribution >= 0.6 is 0 Å². The summed E-state index contributed by atoms with van der Waals surface area (Å²) in [7, 11) is 1.44. The molecular formula is C18H24N4O5. The molecule has 0 aromatic heterocycles. The van der Waals surface area contributed by atoms with Gasteiger partial charge in [-0.05, 0) is 30.5 Å². The summed E-state index contributed by atoms with van der Waals surface area (Å²) >= 11 is 0. The first-order valence-electron chi connectivity index (χ1n) is 8.58. The van der Waals surface area contributed by atoms with E-state index in [1.807, 2.05) is 13.8 Å². The zero-order valence-electron chi connectivity index (χ0n) is 15.8. The van der Waals surface area contributed by atoms with Crippen LogP contribution in [0.25, 0.3) is 0 Å². The van der Waals surface area contributed by atoms with Crippen molar-refractivity contribution < 1.29 is 23.9 Å². The minimum absolute atomic E-state index is 0.230. The Balaban J connectivity index is 2.08. The fraction of sp³-hybridized carbons (Fsp3) is 0.444. The van der Waals surface area contributed by atoms with E-state index in [2.05, 4.69) is 16.0 Å². The lowest BCUT2D eigenvalue weighted by Gasteiger charge is -2.15. The lowest BCUT2D eigenvalue weighted by molar-refractivity contribution is -0.131. The molecule has 0 bridgehead atoms. The first-order chi connectivity index (χ1) is 12.7. The van der Waals surface area contributed by atoms with E-state index in [0.717, 1.165) is 4.90 Å². The SMILES string of the molecule is COc1ccc(NC(C)=O)cc1NC(=O)CN1C(=O)NC(CC(C)C)C1=O. The molecular weight excluding hydrogens is 352 g/mol. The number of amides is 5. The van der Waals surface area contributed by atoms with Gasteiger partial charge in [0, 0.05) is 12.6 Å². The molecule has 9 nitrogen and oxygen atoms in total. The molecule has 2 rings (SSSR count). The average molecular weight is 376 g/mol. The molecule has 1 aliphatic rings. The summed E-state index contributed by atoms with van der Waals surface area (Å²) in [5.41, 5.74) is 0.796. The Kier molecular flexibility index (Phi) is 6.38. The second-order valence-electron chi connectivity index (χ2n) is 6.70. The van der Waals surface area contributed by atoms with Gasteiger partial charge in [0.05, 0.1) is 12.8 Å². The van der Waals surface area contributed by atoms with Crippen molar-refractivity contribution in [2.24, 2.45) is 5.92 Å². The van der Waals surface area contributed by atoms with Crippen molar-refractivity contribution in [1.29, 1.82) is 0 Å². The maximum atomic E-state index is 12.4. The van der Waals surface area contributed by atoms with Crippen LogP contribution in [0.1, 0.15) is 27.2 Å². The smallest absolute Gasteiger partial charge is 0.325 e. The zero-order chi connectivity index (χ0) is 20.1. The Morgan fingerprint density at radius 3 is 2.56 bits per heavy atom. The standard InChI is InChI=1S/C18H24N4O5/c1-10(2)7-14-17(25)22(18(26)21-14)9-16(24)20-13-8-12(19-11(3)23)5-6-15(13)27-4/h5-6,8,10,14H,7,9H2,1-4H3,(H,19,23)(H,20,24)(H,21,26). The number of carbonyl (C=O) groups excluding carboxylic acids is 4. The number of nitrogens with zero attached hydrogens (tertiary/aromatic N) is 1. The normalized spacial score (nSPS) is 16.3. The number of urea groups is 1. The van der Waals surface area contributed by atoms with Crippen molar-refractivity contribution in [3.63, 3.8) is 0 Å². The fourth-order valence-corrected chi connectivity index (χ4v) is 2.78. The summed E-state index contributed by atoms with van der Waals surface area (Å²) in [6.07, 6.45) is 0.509. The van der Waals surface area contributed by atoms with Gasteiger partial charge in [-0.2, -0.15) is 0 Å². The van der Waals surface area contributed by atoms with Gasteiger partial charge in [-0.15, -0.1) is 0 Å². The topological polar surface area (TPSA) is 117 Å². The predicted molar refractivity (Wildman–Crippen MR) is 99.4 cm³/mol. The van der Waals surface area contributed by atoms with Crippen LogP contribution < -0.4 is 20.7 Å². The third kappa shape index (κ3) is 5.19. The second-order valence-corrected chi connectivity index (χ2v) is 6.70. The molecule has 1 saturated heterocycles. The van der Waals surface area contributed by atoms with Gasteiger partial charge in [0.25, 0.3) is 5.91 Å². The maximum Gasteiger partial charge on any atom is 0.325 e. The van der Waals surface area contributed by atoms with Crippen LogP contribution in [0.5, 0.6) is 5.75 Å². The third-order valence-electron chi connectivity index (χ3n) is 3.91. The minimum atomic E-state index is -0.608.